The summed E-state index contributed by atoms with van der Waals surface area (Å²) in [5.74, 6) is 1.26. The van der Waals surface area contributed by atoms with Crippen LogP contribution in [0.5, 0.6) is 5.75 Å². The molecule has 1 saturated carbocycles. The highest BCUT2D eigenvalue weighted by molar-refractivity contribution is 5.44. The van der Waals surface area contributed by atoms with Crippen LogP contribution >= 0.6 is 0 Å². The summed E-state index contributed by atoms with van der Waals surface area (Å²) in [5.41, 5.74) is 4.99. The van der Waals surface area contributed by atoms with Crippen LogP contribution in [0.4, 0.5) is 0 Å². The van der Waals surface area contributed by atoms with E-state index in [0.29, 0.717) is 12.6 Å². The summed E-state index contributed by atoms with van der Waals surface area (Å²) in [5, 5.41) is 8.12. The molecule has 30 heavy (non-hydrogen) atoms. The molecular formula is C24H23N5O. The van der Waals surface area contributed by atoms with Gasteiger partial charge in [0.1, 0.15) is 12.4 Å². The third-order valence-electron chi connectivity index (χ3n) is 5.90. The van der Waals surface area contributed by atoms with Crippen molar-refractivity contribution < 1.29 is 4.74 Å². The van der Waals surface area contributed by atoms with Crippen molar-refractivity contribution in [1.82, 2.24) is 25.0 Å². The van der Waals surface area contributed by atoms with E-state index in [-0.39, 0.29) is 5.41 Å². The Hall–Kier alpha value is -3.54. The highest BCUT2D eigenvalue weighted by atomic mass is 16.5. The van der Waals surface area contributed by atoms with Crippen molar-refractivity contribution in [3.05, 3.63) is 95.6 Å². The van der Waals surface area contributed by atoms with Crippen LogP contribution in [-0.2, 0) is 12.0 Å². The van der Waals surface area contributed by atoms with Crippen molar-refractivity contribution in [2.45, 2.75) is 38.2 Å². The minimum atomic E-state index is 0.143. The average molecular weight is 397 g/mol. The van der Waals surface area contributed by atoms with Gasteiger partial charge in [-0.05, 0) is 49.1 Å². The molecule has 1 aliphatic carbocycles. The predicted molar refractivity (Wildman–Crippen MR) is 114 cm³/mol. The van der Waals surface area contributed by atoms with Crippen molar-refractivity contribution in [3.8, 4) is 11.7 Å². The maximum Gasteiger partial charge on any atom is 0.269 e. The molecule has 2 aromatic heterocycles. The van der Waals surface area contributed by atoms with Gasteiger partial charge in [-0.25, -0.2) is 9.97 Å². The normalized spacial score (nSPS) is 14.8. The lowest BCUT2D eigenvalue weighted by Gasteiger charge is -2.43. The summed E-state index contributed by atoms with van der Waals surface area (Å²) in [6, 6.07) is 19.3. The third kappa shape index (κ3) is 3.45. The molecule has 0 atom stereocenters. The van der Waals surface area contributed by atoms with Gasteiger partial charge in [0.2, 0.25) is 0 Å². The third-order valence-corrected chi connectivity index (χ3v) is 5.90. The van der Waals surface area contributed by atoms with E-state index in [4.69, 9.17) is 4.74 Å². The van der Waals surface area contributed by atoms with Gasteiger partial charge >= 0.3 is 0 Å². The number of benzene rings is 2. The van der Waals surface area contributed by atoms with Crippen LogP contribution in [0.15, 0.2) is 73.2 Å². The van der Waals surface area contributed by atoms with Crippen molar-refractivity contribution >= 4 is 0 Å². The highest BCUT2D eigenvalue weighted by Gasteiger charge is 2.40. The van der Waals surface area contributed by atoms with Crippen LogP contribution in [0.3, 0.4) is 0 Å². The summed E-state index contributed by atoms with van der Waals surface area (Å²) in [6.07, 6.45) is 8.55. The van der Waals surface area contributed by atoms with Gasteiger partial charge in [0.05, 0.1) is 18.1 Å². The fourth-order valence-corrected chi connectivity index (χ4v) is 4.05. The Balaban J connectivity index is 1.30. The van der Waals surface area contributed by atoms with E-state index >= 15 is 0 Å². The molecule has 6 nitrogen and oxygen atoms in total. The minimum Gasteiger partial charge on any atom is -0.487 e. The zero-order chi connectivity index (χ0) is 20.4. The first-order chi connectivity index (χ1) is 14.7. The number of hydrogen-bond donors (Lipinski definition) is 0. The van der Waals surface area contributed by atoms with E-state index in [2.05, 4.69) is 75.6 Å². The second-order valence-corrected chi connectivity index (χ2v) is 7.78. The van der Waals surface area contributed by atoms with E-state index in [1.54, 1.807) is 18.6 Å². The molecule has 4 aromatic rings. The molecule has 0 saturated heterocycles. The standard InChI is InChI=1S/C24H23N5O/c1-18-3-5-19(6-4-18)24(12-2-13-24)20-7-9-22(10-8-20)30-17-21-11-14-25-23(28-21)29-26-15-16-27-29/h3-11,14-16H,2,12-13,17H2,1H3. The molecule has 0 amide bonds. The lowest BCUT2D eigenvalue weighted by atomic mass is 9.60. The maximum absolute atomic E-state index is 5.96. The largest absolute Gasteiger partial charge is 0.487 e. The fraction of sp³-hybridized carbons (Fsp3) is 0.250. The zero-order valence-corrected chi connectivity index (χ0v) is 16.9. The number of nitrogens with zero attached hydrogens (tertiary/aromatic N) is 5. The molecule has 0 unspecified atom stereocenters. The van der Waals surface area contributed by atoms with Crippen LogP contribution in [0.25, 0.3) is 5.95 Å². The highest BCUT2D eigenvalue weighted by Crippen LogP contribution is 2.49. The number of aryl methyl sites for hydroxylation is 1. The fourth-order valence-electron chi connectivity index (χ4n) is 4.05. The van der Waals surface area contributed by atoms with Crippen LogP contribution in [0.2, 0.25) is 0 Å². The molecule has 1 fully saturated rings. The SMILES string of the molecule is Cc1ccc(C2(c3ccc(OCc4ccnc(-n5nccn5)n4)cc3)CCC2)cc1. The molecule has 0 aliphatic heterocycles. The van der Waals surface area contributed by atoms with Crippen LogP contribution in [-0.4, -0.2) is 25.0 Å². The second-order valence-electron chi connectivity index (χ2n) is 7.78. The average Bonchev–Trinajstić information content (AvgIpc) is 3.29. The Bertz CT molecular complexity index is 1120. The molecule has 0 radical (unpaired) electrons. The van der Waals surface area contributed by atoms with Crippen molar-refractivity contribution in [3.63, 3.8) is 0 Å². The molecule has 0 spiro atoms. The van der Waals surface area contributed by atoms with Gasteiger partial charge in [0, 0.05) is 11.6 Å². The molecule has 5 rings (SSSR count). The van der Waals surface area contributed by atoms with Crippen LogP contribution in [0, 0.1) is 6.92 Å². The van der Waals surface area contributed by atoms with Gasteiger partial charge < -0.3 is 4.74 Å². The Kier molecular flexibility index (Phi) is 4.75. The molecule has 6 heteroatoms. The van der Waals surface area contributed by atoms with Gasteiger partial charge in [-0.2, -0.15) is 10.2 Å². The van der Waals surface area contributed by atoms with E-state index < -0.39 is 0 Å². The predicted octanol–water partition coefficient (Wildman–Crippen LogP) is 4.41. The van der Waals surface area contributed by atoms with E-state index in [9.17, 15) is 0 Å². The monoisotopic (exact) mass is 397 g/mol. The maximum atomic E-state index is 5.96. The molecular weight excluding hydrogens is 374 g/mol. The summed E-state index contributed by atoms with van der Waals surface area (Å²) in [6.45, 7) is 2.49. The lowest BCUT2D eigenvalue weighted by Crippen LogP contribution is -2.35. The number of aromatic nitrogens is 5. The van der Waals surface area contributed by atoms with Crippen molar-refractivity contribution in [1.29, 1.82) is 0 Å². The zero-order valence-electron chi connectivity index (χ0n) is 16.9. The molecule has 0 bridgehead atoms. The van der Waals surface area contributed by atoms with Gasteiger partial charge in [0.25, 0.3) is 5.95 Å². The Labute approximate surface area is 175 Å². The molecule has 150 valence electrons. The number of rotatable bonds is 6. The Morgan fingerprint density at radius 2 is 1.53 bits per heavy atom. The summed E-state index contributed by atoms with van der Waals surface area (Å²) in [7, 11) is 0. The summed E-state index contributed by atoms with van der Waals surface area (Å²) in [4.78, 5) is 10.0. The Morgan fingerprint density at radius 3 is 2.17 bits per heavy atom. The van der Waals surface area contributed by atoms with Gasteiger partial charge in [0.15, 0.2) is 0 Å². The van der Waals surface area contributed by atoms with Crippen molar-refractivity contribution in [2.24, 2.45) is 0 Å². The van der Waals surface area contributed by atoms with E-state index in [1.165, 1.54) is 40.7 Å². The number of ether oxygens (including phenoxy) is 1. The Morgan fingerprint density at radius 1 is 0.867 bits per heavy atom. The topological polar surface area (TPSA) is 65.7 Å². The first-order valence-corrected chi connectivity index (χ1v) is 10.2. The van der Waals surface area contributed by atoms with Gasteiger partial charge in [-0.15, -0.1) is 4.80 Å². The summed E-state index contributed by atoms with van der Waals surface area (Å²) >= 11 is 0. The van der Waals surface area contributed by atoms with Gasteiger partial charge in [-0.1, -0.05) is 48.4 Å². The molecule has 0 N–H and O–H groups in total. The smallest absolute Gasteiger partial charge is 0.269 e. The number of hydrogen-bond acceptors (Lipinski definition) is 5. The first kappa shape index (κ1) is 18.5. The van der Waals surface area contributed by atoms with Crippen molar-refractivity contribution in [2.75, 3.05) is 0 Å². The quantitative estimate of drug-likeness (QED) is 0.482. The lowest BCUT2D eigenvalue weighted by molar-refractivity contribution is 0.294. The second kappa shape index (κ2) is 7.71. The summed E-state index contributed by atoms with van der Waals surface area (Å²) < 4.78 is 5.96. The van der Waals surface area contributed by atoms with E-state index in [0.717, 1.165) is 11.4 Å². The van der Waals surface area contributed by atoms with Crippen LogP contribution in [0.1, 0.15) is 41.6 Å². The molecule has 2 heterocycles. The van der Waals surface area contributed by atoms with Gasteiger partial charge in [-0.3, -0.25) is 0 Å². The first-order valence-electron chi connectivity index (χ1n) is 10.2. The van der Waals surface area contributed by atoms with E-state index in [1.807, 2.05) is 6.07 Å². The van der Waals surface area contributed by atoms with Crippen LogP contribution < -0.4 is 4.74 Å². The molecule has 2 aromatic carbocycles. The molecule has 1 aliphatic rings. The minimum absolute atomic E-state index is 0.143.